The van der Waals surface area contributed by atoms with Crippen LogP contribution in [0.15, 0.2) is 41.8 Å². The van der Waals surface area contributed by atoms with E-state index in [2.05, 4.69) is 10.3 Å². The molecule has 162 valence electrons. The molecule has 1 aliphatic rings. The van der Waals surface area contributed by atoms with E-state index in [0.29, 0.717) is 18.2 Å². The third kappa shape index (κ3) is 5.05. The summed E-state index contributed by atoms with van der Waals surface area (Å²) in [6, 6.07) is 7.57. The molecule has 2 heterocycles. The van der Waals surface area contributed by atoms with E-state index in [0.717, 1.165) is 42.4 Å². The summed E-state index contributed by atoms with van der Waals surface area (Å²) < 4.78 is 52.8. The lowest BCUT2D eigenvalue weighted by Gasteiger charge is -2.09. The van der Waals surface area contributed by atoms with Gasteiger partial charge in [-0.2, -0.15) is 0 Å². The third-order valence-electron chi connectivity index (χ3n) is 4.87. The number of carbonyl (C=O) groups is 1. The van der Waals surface area contributed by atoms with Gasteiger partial charge < -0.3 is 14.8 Å². The second-order valence-corrected chi connectivity index (χ2v) is 7.87. The van der Waals surface area contributed by atoms with Crippen molar-refractivity contribution in [2.24, 2.45) is 0 Å². The van der Waals surface area contributed by atoms with Crippen LogP contribution in [0.3, 0.4) is 0 Å². The predicted octanol–water partition coefficient (Wildman–Crippen LogP) is 4.72. The van der Waals surface area contributed by atoms with Gasteiger partial charge in [-0.05, 0) is 37.1 Å². The number of thiazole rings is 1. The molecule has 31 heavy (non-hydrogen) atoms. The van der Waals surface area contributed by atoms with E-state index >= 15 is 0 Å². The van der Waals surface area contributed by atoms with Gasteiger partial charge in [0.25, 0.3) is 5.91 Å². The molecule has 0 saturated carbocycles. The second-order valence-electron chi connectivity index (χ2n) is 7.01. The maximum absolute atomic E-state index is 14.6. The summed E-state index contributed by atoms with van der Waals surface area (Å²) in [5, 5.41) is 4.68. The number of halogens is 3. The molecule has 0 radical (unpaired) electrons. The first kappa shape index (κ1) is 21.3. The van der Waals surface area contributed by atoms with Crippen LogP contribution >= 0.6 is 11.3 Å². The monoisotopic (exact) mass is 448 g/mol. The number of benzene rings is 2. The van der Waals surface area contributed by atoms with Gasteiger partial charge in [-0.1, -0.05) is 6.07 Å². The fraction of sp³-hybridized carbons (Fsp3) is 0.273. The Hall–Kier alpha value is -2.91. The van der Waals surface area contributed by atoms with Crippen molar-refractivity contribution in [3.05, 3.63) is 70.5 Å². The lowest BCUT2D eigenvalue weighted by molar-refractivity contribution is 0.0854. The van der Waals surface area contributed by atoms with Gasteiger partial charge in [0.15, 0.2) is 0 Å². The predicted molar refractivity (Wildman–Crippen MR) is 110 cm³/mol. The van der Waals surface area contributed by atoms with Gasteiger partial charge in [-0.25, -0.2) is 18.2 Å². The van der Waals surface area contributed by atoms with Crippen LogP contribution in [0.4, 0.5) is 13.2 Å². The molecule has 3 aromatic rings. The topological polar surface area (TPSA) is 60.5 Å². The number of carbonyl (C=O) groups excluding carboxylic acids is 1. The number of hydrogen-bond donors (Lipinski definition) is 1. The van der Waals surface area contributed by atoms with Crippen LogP contribution in [0, 0.1) is 17.5 Å². The minimum absolute atomic E-state index is 0.0184. The van der Waals surface area contributed by atoms with E-state index in [1.807, 2.05) is 0 Å². The summed E-state index contributed by atoms with van der Waals surface area (Å²) >= 11 is 1.14. The van der Waals surface area contributed by atoms with Gasteiger partial charge >= 0.3 is 0 Å². The first-order valence-corrected chi connectivity index (χ1v) is 10.6. The minimum atomic E-state index is -0.731. The van der Waals surface area contributed by atoms with E-state index in [-0.39, 0.29) is 41.2 Å². The van der Waals surface area contributed by atoms with Crippen LogP contribution in [0.1, 0.15) is 28.9 Å². The molecule has 1 fully saturated rings. The fourth-order valence-corrected chi connectivity index (χ4v) is 4.02. The normalized spacial score (nSPS) is 15.8. The van der Waals surface area contributed by atoms with Gasteiger partial charge in [-0.15, -0.1) is 11.3 Å². The molecule has 1 N–H and O–H groups in total. The van der Waals surface area contributed by atoms with Gasteiger partial charge in [0.2, 0.25) is 0 Å². The highest BCUT2D eigenvalue weighted by Gasteiger charge is 2.19. The molecular formula is C22H19F3N2O3S. The van der Waals surface area contributed by atoms with Crippen LogP contribution in [-0.4, -0.2) is 30.1 Å². The average Bonchev–Trinajstić information content (AvgIpc) is 3.44. The number of aromatic nitrogens is 1. The number of hydrogen-bond acceptors (Lipinski definition) is 5. The van der Waals surface area contributed by atoms with Crippen molar-refractivity contribution in [2.75, 3.05) is 13.2 Å². The highest BCUT2D eigenvalue weighted by molar-refractivity contribution is 7.13. The van der Waals surface area contributed by atoms with E-state index in [9.17, 15) is 18.0 Å². The Morgan fingerprint density at radius 3 is 2.71 bits per heavy atom. The molecule has 4 rings (SSSR count). The highest BCUT2D eigenvalue weighted by Crippen LogP contribution is 2.29. The van der Waals surface area contributed by atoms with Crippen LogP contribution in [0.25, 0.3) is 10.6 Å². The van der Waals surface area contributed by atoms with E-state index in [1.54, 1.807) is 5.38 Å². The number of ether oxygens (including phenoxy) is 2. The Labute approximate surface area is 180 Å². The quantitative estimate of drug-likeness (QED) is 0.569. The standard InChI is InChI=1S/C22H19F3N2O3S/c23-17-4-1-5-18(24)16(17)11-30-13-6-7-15(19(25)9-13)22-27-20(12-31-22)21(28)26-10-14-3-2-8-29-14/h1,4-7,9,12,14H,2-3,8,10-11H2,(H,26,28)/t14-/m0/s1. The highest BCUT2D eigenvalue weighted by atomic mass is 32.1. The number of nitrogens with one attached hydrogen (secondary N) is 1. The first-order chi connectivity index (χ1) is 15.0. The van der Waals surface area contributed by atoms with Crippen LogP contribution in [0.2, 0.25) is 0 Å². The Morgan fingerprint density at radius 2 is 2.00 bits per heavy atom. The largest absolute Gasteiger partial charge is 0.489 e. The smallest absolute Gasteiger partial charge is 0.270 e. The lowest BCUT2D eigenvalue weighted by Crippen LogP contribution is -2.31. The Bertz CT molecular complexity index is 1060. The molecule has 0 aliphatic carbocycles. The SMILES string of the molecule is O=C(NC[C@@H]1CCCO1)c1csc(-c2ccc(OCc3c(F)cccc3F)cc2F)n1. The zero-order chi connectivity index (χ0) is 21.8. The molecule has 2 aromatic carbocycles. The van der Waals surface area contributed by atoms with E-state index in [1.165, 1.54) is 18.2 Å². The van der Waals surface area contributed by atoms with Crippen molar-refractivity contribution in [1.29, 1.82) is 0 Å². The average molecular weight is 448 g/mol. The van der Waals surface area contributed by atoms with E-state index < -0.39 is 17.5 Å². The third-order valence-corrected chi connectivity index (χ3v) is 5.74. The Morgan fingerprint density at radius 1 is 1.19 bits per heavy atom. The maximum Gasteiger partial charge on any atom is 0.270 e. The number of nitrogens with zero attached hydrogens (tertiary/aromatic N) is 1. The number of amides is 1. The first-order valence-electron chi connectivity index (χ1n) is 9.72. The summed E-state index contributed by atoms with van der Waals surface area (Å²) in [6.07, 6.45) is 1.91. The van der Waals surface area contributed by atoms with Crippen molar-refractivity contribution in [3.63, 3.8) is 0 Å². The summed E-state index contributed by atoms with van der Waals surface area (Å²) in [6.45, 7) is 0.744. The molecule has 1 atom stereocenters. The van der Waals surface area contributed by atoms with Crippen LogP contribution < -0.4 is 10.1 Å². The van der Waals surface area contributed by atoms with Gasteiger partial charge in [-0.3, -0.25) is 4.79 Å². The number of rotatable bonds is 7. The summed E-state index contributed by atoms with van der Waals surface area (Å²) in [4.78, 5) is 16.5. The zero-order valence-corrected chi connectivity index (χ0v) is 17.2. The maximum atomic E-state index is 14.6. The van der Waals surface area contributed by atoms with Crippen molar-refractivity contribution >= 4 is 17.2 Å². The second kappa shape index (κ2) is 9.49. The molecule has 1 saturated heterocycles. The molecule has 1 aliphatic heterocycles. The molecule has 1 amide bonds. The van der Waals surface area contributed by atoms with Crippen LogP contribution in [-0.2, 0) is 11.3 Å². The van der Waals surface area contributed by atoms with Gasteiger partial charge in [0.1, 0.15) is 40.5 Å². The van der Waals surface area contributed by atoms with Crippen molar-refractivity contribution in [3.8, 4) is 16.3 Å². The van der Waals surface area contributed by atoms with Crippen molar-refractivity contribution in [2.45, 2.75) is 25.6 Å². The minimum Gasteiger partial charge on any atom is -0.489 e. The van der Waals surface area contributed by atoms with E-state index in [4.69, 9.17) is 9.47 Å². The summed E-state index contributed by atoms with van der Waals surface area (Å²) in [5.41, 5.74) is 0.172. The molecule has 0 spiro atoms. The molecule has 0 bridgehead atoms. The molecule has 0 unspecified atom stereocenters. The molecule has 1 aromatic heterocycles. The fourth-order valence-electron chi connectivity index (χ4n) is 3.19. The van der Waals surface area contributed by atoms with Crippen molar-refractivity contribution < 1.29 is 27.4 Å². The molecule has 9 heteroatoms. The Balaban J connectivity index is 1.40. The zero-order valence-electron chi connectivity index (χ0n) is 16.4. The molecular weight excluding hydrogens is 429 g/mol. The van der Waals surface area contributed by atoms with Crippen LogP contribution in [0.5, 0.6) is 5.75 Å². The van der Waals surface area contributed by atoms with Gasteiger partial charge in [0.05, 0.1) is 11.7 Å². The summed E-state index contributed by atoms with van der Waals surface area (Å²) in [5.74, 6) is -2.30. The summed E-state index contributed by atoms with van der Waals surface area (Å²) in [7, 11) is 0. The van der Waals surface area contributed by atoms with Crippen molar-refractivity contribution in [1.82, 2.24) is 10.3 Å². The van der Waals surface area contributed by atoms with Gasteiger partial charge in [0, 0.05) is 30.2 Å². The lowest BCUT2D eigenvalue weighted by atomic mass is 10.2. The Kier molecular flexibility index (Phi) is 6.53. The molecule has 5 nitrogen and oxygen atoms in total.